The highest BCUT2D eigenvalue weighted by molar-refractivity contribution is 8.00. The second-order valence-electron chi connectivity index (χ2n) is 18.3. The van der Waals surface area contributed by atoms with Crippen molar-refractivity contribution in [1.82, 2.24) is 0 Å². The van der Waals surface area contributed by atoms with E-state index in [9.17, 15) is 0 Å². The highest BCUT2D eigenvalue weighted by Crippen LogP contribution is 2.62. The standard InChI is InChI=1S/C58H32B2N4S3/c1-3-13-33(14-4-1)35-24-26-39-38(31-35)60-52-45(28-29-49-53(52)61(39)42-19-9-11-21-47(42)65-49)63-41-18-8-7-17-40(41)62-44-27-30-50-54-51(44)59(57-55(62)56(63)58(60)67-57)37-25-23-36(34-15-5-2-6-16-34)32-46(37)64(54)43-20-10-12-22-48(43)66-50/h1-32H. The normalized spacial score (nSPS) is 14.9. The van der Waals surface area contributed by atoms with E-state index >= 15 is 0 Å². The van der Waals surface area contributed by atoms with Gasteiger partial charge in [0.25, 0.3) is 13.4 Å². The average molecular weight is 903 g/mol. The van der Waals surface area contributed by atoms with Gasteiger partial charge in [-0.05, 0) is 117 Å². The first-order valence-electron chi connectivity index (χ1n) is 23.0. The molecule has 0 saturated carbocycles. The van der Waals surface area contributed by atoms with Gasteiger partial charge < -0.3 is 19.6 Å². The lowest BCUT2D eigenvalue weighted by Crippen LogP contribution is -2.61. The third kappa shape index (κ3) is 4.46. The van der Waals surface area contributed by atoms with Gasteiger partial charge in [-0.15, -0.1) is 0 Å². The van der Waals surface area contributed by atoms with Gasteiger partial charge in [0.2, 0.25) is 0 Å². The zero-order chi connectivity index (χ0) is 43.2. The predicted octanol–water partition coefficient (Wildman–Crippen LogP) is 12.5. The van der Waals surface area contributed by atoms with Crippen molar-refractivity contribution in [3.63, 3.8) is 0 Å². The Labute approximate surface area is 400 Å². The molecule has 0 saturated heterocycles. The van der Waals surface area contributed by atoms with Crippen molar-refractivity contribution >= 4 is 148 Å². The zero-order valence-corrected chi connectivity index (χ0v) is 38.1. The summed E-state index contributed by atoms with van der Waals surface area (Å²) in [7, 11) is 0. The first-order chi connectivity index (χ1) is 33.3. The molecule has 7 aliphatic heterocycles. The summed E-state index contributed by atoms with van der Waals surface area (Å²) in [4.78, 5) is 15.7. The number of rotatable bonds is 2. The summed E-state index contributed by atoms with van der Waals surface area (Å²) >= 11 is 5.89. The molecule has 10 aromatic rings. The Morgan fingerprint density at radius 3 is 1.31 bits per heavy atom. The molecule has 8 heterocycles. The van der Waals surface area contributed by atoms with E-state index in [0.717, 1.165) is 0 Å². The van der Waals surface area contributed by atoms with Crippen molar-refractivity contribution in [3.8, 4) is 22.3 Å². The molecule has 0 unspecified atom stereocenters. The van der Waals surface area contributed by atoms with Crippen LogP contribution in [0.25, 0.3) is 22.3 Å². The minimum Gasteiger partial charge on any atom is -0.309 e. The van der Waals surface area contributed by atoms with Gasteiger partial charge in [0, 0.05) is 51.9 Å². The Balaban J connectivity index is 0.985. The molecule has 0 bridgehead atoms. The monoisotopic (exact) mass is 902 g/mol. The Morgan fingerprint density at radius 1 is 0.284 bits per heavy atom. The number of para-hydroxylation sites is 4. The summed E-state index contributed by atoms with van der Waals surface area (Å²) < 4.78 is 2.85. The van der Waals surface area contributed by atoms with Crippen molar-refractivity contribution in [3.05, 3.63) is 194 Å². The summed E-state index contributed by atoms with van der Waals surface area (Å²) in [6, 6.07) is 73.2. The van der Waals surface area contributed by atoms with Crippen molar-refractivity contribution in [2.24, 2.45) is 0 Å². The Bertz CT molecular complexity index is 3890. The molecule has 0 spiro atoms. The van der Waals surface area contributed by atoms with Crippen LogP contribution in [-0.2, 0) is 0 Å². The van der Waals surface area contributed by atoms with Crippen LogP contribution in [0.4, 0.5) is 68.2 Å². The Hall–Kier alpha value is -7.29. The van der Waals surface area contributed by atoms with Crippen molar-refractivity contribution < 1.29 is 0 Å². The van der Waals surface area contributed by atoms with Gasteiger partial charge in [-0.3, -0.25) is 0 Å². The third-order valence-electron chi connectivity index (χ3n) is 15.1. The summed E-state index contributed by atoms with van der Waals surface area (Å²) in [5.41, 5.74) is 25.8. The maximum Gasteiger partial charge on any atom is 0.264 e. The lowest BCUT2D eigenvalue weighted by Gasteiger charge is -2.50. The quantitative estimate of drug-likeness (QED) is 0.159. The molecule has 308 valence electrons. The third-order valence-corrected chi connectivity index (χ3v) is 18.6. The molecule has 4 nitrogen and oxygen atoms in total. The lowest BCUT2D eigenvalue weighted by molar-refractivity contribution is 1.14. The molecule has 17 rings (SSSR count). The average Bonchev–Trinajstić information content (AvgIpc) is 3.79. The lowest BCUT2D eigenvalue weighted by atomic mass is 9.35. The Morgan fingerprint density at radius 2 is 0.731 bits per heavy atom. The number of benzene rings is 9. The maximum absolute atomic E-state index is 2.65. The number of nitrogens with zero attached hydrogens (tertiary/aromatic N) is 4. The van der Waals surface area contributed by atoms with Gasteiger partial charge in [-0.1, -0.05) is 145 Å². The summed E-state index contributed by atoms with van der Waals surface area (Å²) in [5, 5.41) is 0. The van der Waals surface area contributed by atoms with Crippen molar-refractivity contribution in [1.29, 1.82) is 0 Å². The molecule has 0 amide bonds. The summed E-state index contributed by atoms with van der Waals surface area (Å²) in [6.45, 7) is 0.0645. The summed E-state index contributed by atoms with van der Waals surface area (Å²) in [6.07, 6.45) is 0. The molecule has 0 aliphatic carbocycles. The summed E-state index contributed by atoms with van der Waals surface area (Å²) in [5.74, 6) is 0. The van der Waals surface area contributed by atoms with E-state index in [1.165, 1.54) is 141 Å². The van der Waals surface area contributed by atoms with E-state index in [1.54, 1.807) is 0 Å². The molecule has 9 heteroatoms. The molecule has 7 aliphatic rings. The van der Waals surface area contributed by atoms with Gasteiger partial charge in [-0.25, -0.2) is 0 Å². The highest BCUT2D eigenvalue weighted by Gasteiger charge is 2.55. The number of thiophene rings is 1. The molecule has 0 atom stereocenters. The number of hydrogen-bond donors (Lipinski definition) is 0. The number of hydrogen-bond acceptors (Lipinski definition) is 7. The first-order valence-corrected chi connectivity index (χ1v) is 25.4. The second kappa shape index (κ2) is 12.8. The van der Waals surface area contributed by atoms with Crippen LogP contribution in [0.15, 0.2) is 214 Å². The van der Waals surface area contributed by atoms with E-state index < -0.39 is 0 Å². The van der Waals surface area contributed by atoms with E-state index in [2.05, 4.69) is 225 Å². The molecule has 0 radical (unpaired) electrons. The van der Waals surface area contributed by atoms with E-state index in [4.69, 9.17) is 0 Å². The van der Waals surface area contributed by atoms with Gasteiger partial charge in [-0.2, -0.15) is 11.3 Å². The second-order valence-corrected chi connectivity index (χ2v) is 21.6. The fraction of sp³-hybridized carbons (Fsp3) is 0. The molecule has 9 aromatic carbocycles. The van der Waals surface area contributed by atoms with Crippen LogP contribution in [0.5, 0.6) is 0 Å². The number of fused-ring (bicyclic) bond motifs is 17. The first kappa shape index (κ1) is 35.9. The van der Waals surface area contributed by atoms with Crippen LogP contribution in [0, 0.1) is 0 Å². The molecule has 67 heavy (non-hydrogen) atoms. The fourth-order valence-electron chi connectivity index (χ4n) is 12.5. The van der Waals surface area contributed by atoms with E-state index in [-0.39, 0.29) is 13.4 Å². The molecular weight excluding hydrogens is 870 g/mol. The van der Waals surface area contributed by atoms with Crippen LogP contribution < -0.4 is 51.0 Å². The smallest absolute Gasteiger partial charge is 0.264 e. The maximum atomic E-state index is 2.65. The SMILES string of the molecule is c1ccc(-c2ccc3c(c2)B2c4sc5c6c4N(c4ccccc4N6c4ccc6c7c4B5c4ccc(-c5ccccc5)cc4N7c4ccccc4S6)c4ccc5c(c42)N3c2ccccc2S5)cc1. The minimum atomic E-state index is 0.0270. The molecular formula is C58H32B2N4S3. The topological polar surface area (TPSA) is 13.0 Å². The van der Waals surface area contributed by atoms with Gasteiger partial charge in [0.15, 0.2) is 0 Å². The Kier molecular flexibility index (Phi) is 6.85. The van der Waals surface area contributed by atoms with E-state index in [0.29, 0.717) is 0 Å². The highest BCUT2D eigenvalue weighted by atomic mass is 32.2. The van der Waals surface area contributed by atoms with E-state index in [1.807, 2.05) is 23.5 Å². The zero-order valence-electron chi connectivity index (χ0n) is 35.6. The molecule has 0 N–H and O–H groups in total. The van der Waals surface area contributed by atoms with Crippen molar-refractivity contribution in [2.45, 2.75) is 19.6 Å². The van der Waals surface area contributed by atoms with Crippen LogP contribution in [-0.4, -0.2) is 13.4 Å². The van der Waals surface area contributed by atoms with Gasteiger partial charge >= 0.3 is 0 Å². The van der Waals surface area contributed by atoms with Crippen molar-refractivity contribution in [2.75, 3.05) is 19.6 Å². The molecule has 1 aromatic heterocycles. The van der Waals surface area contributed by atoms with Gasteiger partial charge in [0.1, 0.15) is 0 Å². The molecule has 0 fully saturated rings. The minimum absolute atomic E-state index is 0.0270. The predicted molar refractivity (Wildman–Crippen MR) is 285 cm³/mol. The largest absolute Gasteiger partial charge is 0.309 e. The fourth-order valence-corrected chi connectivity index (χ4v) is 16.2. The van der Waals surface area contributed by atoms with Crippen LogP contribution in [0.3, 0.4) is 0 Å². The van der Waals surface area contributed by atoms with Gasteiger partial charge in [0.05, 0.1) is 45.5 Å². The number of anilines is 12. The van der Waals surface area contributed by atoms with Crippen LogP contribution in [0.1, 0.15) is 0 Å². The van der Waals surface area contributed by atoms with Crippen LogP contribution >= 0.6 is 34.9 Å². The van der Waals surface area contributed by atoms with Crippen LogP contribution in [0.2, 0.25) is 0 Å².